The molecule has 0 unspecified atom stereocenters. The minimum absolute atomic E-state index is 0.424. The van der Waals surface area contributed by atoms with Crippen molar-refractivity contribution >= 4 is 0 Å². The zero-order valence-electron chi connectivity index (χ0n) is 11.2. The number of aliphatic hydroxyl groups excluding tert-OH is 1. The second kappa shape index (κ2) is 5.31. The third kappa shape index (κ3) is 2.49. The highest BCUT2D eigenvalue weighted by molar-refractivity contribution is 5.68. The first-order valence-corrected chi connectivity index (χ1v) is 6.62. The highest BCUT2D eigenvalue weighted by Gasteiger charge is 2.03. The van der Waals surface area contributed by atoms with Crippen LogP contribution in [0.2, 0.25) is 0 Å². The van der Waals surface area contributed by atoms with E-state index in [-0.39, 0.29) is 0 Å². The van der Waals surface area contributed by atoms with Gasteiger partial charge in [0.2, 0.25) is 0 Å². The molecule has 3 heteroatoms. The first kappa shape index (κ1) is 12.6. The number of aromatic amines is 1. The van der Waals surface area contributed by atoms with Gasteiger partial charge < -0.3 is 5.11 Å². The van der Waals surface area contributed by atoms with Crippen LogP contribution in [-0.2, 0) is 0 Å². The van der Waals surface area contributed by atoms with Crippen LogP contribution in [0.3, 0.4) is 0 Å². The van der Waals surface area contributed by atoms with Gasteiger partial charge in [-0.25, -0.2) is 0 Å². The van der Waals surface area contributed by atoms with Crippen molar-refractivity contribution in [2.45, 2.75) is 13.0 Å². The van der Waals surface area contributed by atoms with Crippen molar-refractivity contribution in [3.8, 4) is 22.4 Å². The highest BCUT2D eigenvalue weighted by atomic mass is 16.3. The Kier molecular flexibility index (Phi) is 3.35. The molecule has 0 saturated carbocycles. The predicted molar refractivity (Wildman–Crippen MR) is 80.1 cm³/mol. The number of hydrogen-bond acceptors (Lipinski definition) is 2. The van der Waals surface area contributed by atoms with E-state index in [1.54, 1.807) is 13.1 Å². The highest BCUT2D eigenvalue weighted by Crippen LogP contribution is 2.25. The summed E-state index contributed by atoms with van der Waals surface area (Å²) < 4.78 is 0. The Balaban J connectivity index is 1.87. The van der Waals surface area contributed by atoms with Crippen LogP contribution in [0.4, 0.5) is 0 Å². The number of hydrogen-bond donors (Lipinski definition) is 2. The monoisotopic (exact) mass is 264 g/mol. The summed E-state index contributed by atoms with van der Waals surface area (Å²) in [5.74, 6) is 0. The molecule has 0 aliphatic carbocycles. The first-order chi connectivity index (χ1) is 9.74. The van der Waals surface area contributed by atoms with Crippen molar-refractivity contribution in [2.75, 3.05) is 0 Å². The normalized spacial score (nSPS) is 12.3. The third-order valence-corrected chi connectivity index (χ3v) is 3.42. The van der Waals surface area contributed by atoms with E-state index in [0.717, 1.165) is 27.9 Å². The lowest BCUT2D eigenvalue weighted by Gasteiger charge is -2.07. The molecule has 3 aromatic rings. The quantitative estimate of drug-likeness (QED) is 0.756. The van der Waals surface area contributed by atoms with Gasteiger partial charge in [0.05, 0.1) is 11.8 Å². The van der Waals surface area contributed by atoms with Crippen LogP contribution >= 0.6 is 0 Å². The fourth-order valence-electron chi connectivity index (χ4n) is 2.21. The summed E-state index contributed by atoms with van der Waals surface area (Å²) in [5, 5.41) is 16.4. The second-order valence-corrected chi connectivity index (χ2v) is 4.85. The number of aromatic nitrogens is 2. The largest absolute Gasteiger partial charge is 0.389 e. The van der Waals surface area contributed by atoms with E-state index in [0.29, 0.717) is 0 Å². The molecular formula is C17H16N2O. The predicted octanol–water partition coefficient (Wildman–Crippen LogP) is 3.80. The van der Waals surface area contributed by atoms with Gasteiger partial charge in [-0.3, -0.25) is 5.10 Å². The molecule has 0 amide bonds. The lowest BCUT2D eigenvalue weighted by molar-refractivity contribution is 0.199. The van der Waals surface area contributed by atoms with Gasteiger partial charge in [0.15, 0.2) is 0 Å². The summed E-state index contributed by atoms with van der Waals surface area (Å²) in [4.78, 5) is 0. The van der Waals surface area contributed by atoms with Gasteiger partial charge >= 0.3 is 0 Å². The molecule has 0 radical (unpaired) electrons. The number of benzene rings is 2. The third-order valence-electron chi connectivity index (χ3n) is 3.42. The number of H-pyrrole nitrogens is 1. The number of nitrogens with one attached hydrogen (secondary N) is 1. The lowest BCUT2D eigenvalue weighted by Crippen LogP contribution is -1.90. The Morgan fingerprint density at radius 1 is 0.850 bits per heavy atom. The molecule has 0 spiro atoms. The molecule has 0 saturated heterocycles. The minimum atomic E-state index is -0.424. The van der Waals surface area contributed by atoms with Gasteiger partial charge in [0, 0.05) is 6.20 Å². The minimum Gasteiger partial charge on any atom is -0.389 e. The van der Waals surface area contributed by atoms with Crippen LogP contribution < -0.4 is 0 Å². The Labute approximate surface area is 117 Å². The van der Waals surface area contributed by atoms with Gasteiger partial charge in [-0.15, -0.1) is 0 Å². The van der Waals surface area contributed by atoms with E-state index >= 15 is 0 Å². The molecule has 3 nitrogen and oxygen atoms in total. The van der Waals surface area contributed by atoms with Gasteiger partial charge in [0.25, 0.3) is 0 Å². The summed E-state index contributed by atoms with van der Waals surface area (Å²) in [6, 6.07) is 18.3. The van der Waals surface area contributed by atoms with E-state index in [2.05, 4.69) is 34.5 Å². The summed E-state index contributed by atoms with van der Waals surface area (Å²) in [7, 11) is 0. The van der Waals surface area contributed by atoms with Crippen molar-refractivity contribution in [2.24, 2.45) is 0 Å². The van der Waals surface area contributed by atoms with Gasteiger partial charge in [-0.1, -0.05) is 48.5 Å². The van der Waals surface area contributed by atoms with Crippen molar-refractivity contribution in [1.82, 2.24) is 10.2 Å². The fraction of sp³-hybridized carbons (Fsp3) is 0.118. The van der Waals surface area contributed by atoms with Gasteiger partial charge in [0.1, 0.15) is 0 Å². The maximum absolute atomic E-state index is 9.52. The molecule has 0 aliphatic heterocycles. The number of rotatable bonds is 3. The van der Waals surface area contributed by atoms with Crippen LogP contribution in [0.1, 0.15) is 18.6 Å². The smallest absolute Gasteiger partial charge is 0.0761 e. The zero-order valence-corrected chi connectivity index (χ0v) is 11.2. The Hall–Kier alpha value is -2.39. The SMILES string of the molecule is C[C@H](O)c1ccc(-c2ccc(-c3ccn[nH]3)cc2)cc1. The van der Waals surface area contributed by atoms with E-state index in [1.165, 1.54) is 0 Å². The van der Waals surface area contributed by atoms with E-state index < -0.39 is 6.10 Å². The zero-order chi connectivity index (χ0) is 13.9. The van der Waals surface area contributed by atoms with Crippen LogP contribution in [-0.4, -0.2) is 15.3 Å². The molecule has 0 fully saturated rings. The first-order valence-electron chi connectivity index (χ1n) is 6.62. The summed E-state index contributed by atoms with van der Waals surface area (Å²) in [6.45, 7) is 1.77. The Bertz CT molecular complexity index is 668. The van der Waals surface area contributed by atoms with E-state index in [9.17, 15) is 5.11 Å². The summed E-state index contributed by atoms with van der Waals surface area (Å²) in [6.07, 6.45) is 1.32. The Morgan fingerprint density at radius 2 is 1.40 bits per heavy atom. The maximum Gasteiger partial charge on any atom is 0.0761 e. The number of nitrogens with zero attached hydrogens (tertiary/aromatic N) is 1. The van der Waals surface area contributed by atoms with Crippen LogP contribution in [0.5, 0.6) is 0 Å². The van der Waals surface area contributed by atoms with Crippen molar-refractivity contribution in [3.63, 3.8) is 0 Å². The fourth-order valence-corrected chi connectivity index (χ4v) is 2.21. The molecule has 0 aliphatic rings. The molecule has 1 heterocycles. The second-order valence-electron chi connectivity index (χ2n) is 4.85. The lowest BCUT2D eigenvalue weighted by atomic mass is 10.0. The van der Waals surface area contributed by atoms with Crippen molar-refractivity contribution in [3.05, 3.63) is 66.4 Å². The van der Waals surface area contributed by atoms with Crippen LogP contribution in [0.15, 0.2) is 60.8 Å². The molecule has 2 N–H and O–H groups in total. The molecule has 1 aromatic heterocycles. The van der Waals surface area contributed by atoms with Gasteiger partial charge in [-0.2, -0.15) is 5.10 Å². The van der Waals surface area contributed by atoms with Crippen LogP contribution in [0, 0.1) is 0 Å². The molecule has 1 atom stereocenters. The van der Waals surface area contributed by atoms with Crippen molar-refractivity contribution < 1.29 is 5.11 Å². The molecule has 2 aromatic carbocycles. The summed E-state index contributed by atoms with van der Waals surface area (Å²) >= 11 is 0. The molecular weight excluding hydrogens is 248 g/mol. The molecule has 0 bridgehead atoms. The van der Waals surface area contributed by atoms with Crippen molar-refractivity contribution in [1.29, 1.82) is 0 Å². The van der Waals surface area contributed by atoms with E-state index in [1.807, 2.05) is 30.3 Å². The average Bonchev–Trinajstić information content (AvgIpc) is 3.02. The molecule has 100 valence electrons. The van der Waals surface area contributed by atoms with Gasteiger partial charge in [-0.05, 0) is 35.2 Å². The van der Waals surface area contributed by atoms with Crippen LogP contribution in [0.25, 0.3) is 22.4 Å². The topological polar surface area (TPSA) is 48.9 Å². The maximum atomic E-state index is 9.52. The standard InChI is InChI=1S/C17H16N2O/c1-12(20)13-2-4-14(5-3-13)15-6-8-16(9-7-15)17-10-11-18-19-17/h2-12,20H,1H3,(H,18,19)/t12-/m0/s1. The average molecular weight is 264 g/mol. The molecule has 3 rings (SSSR count). The molecule has 20 heavy (non-hydrogen) atoms. The number of aliphatic hydroxyl groups is 1. The summed E-state index contributed by atoms with van der Waals surface area (Å²) in [5.41, 5.74) is 5.37. The Morgan fingerprint density at radius 3 is 1.90 bits per heavy atom. The van der Waals surface area contributed by atoms with E-state index in [4.69, 9.17) is 0 Å².